The molecule has 1 aromatic carbocycles. The molecule has 0 saturated carbocycles. The van der Waals surface area contributed by atoms with Crippen LogP contribution in [0.1, 0.15) is 43.0 Å². The number of benzene rings is 1. The SMILES string of the molecule is CC(=O)c1cccc(OCCCC(=O)N(C)C2CCNCC2)c1. The predicted molar refractivity (Wildman–Crippen MR) is 89.8 cm³/mol. The molecule has 1 amide bonds. The van der Waals surface area contributed by atoms with Crippen molar-refractivity contribution < 1.29 is 14.3 Å². The lowest BCUT2D eigenvalue weighted by molar-refractivity contribution is -0.132. The van der Waals surface area contributed by atoms with Gasteiger partial charge in [-0.2, -0.15) is 0 Å². The molecule has 2 rings (SSSR count). The van der Waals surface area contributed by atoms with Gasteiger partial charge in [-0.05, 0) is 51.4 Å². The number of rotatable bonds is 7. The molecule has 126 valence electrons. The molecule has 1 aliphatic rings. The molecule has 1 fully saturated rings. The van der Waals surface area contributed by atoms with E-state index in [0.717, 1.165) is 25.9 Å². The minimum atomic E-state index is 0.0224. The van der Waals surface area contributed by atoms with Crippen LogP contribution in [0.5, 0.6) is 5.75 Å². The number of carbonyl (C=O) groups excluding carboxylic acids is 2. The first-order valence-electron chi connectivity index (χ1n) is 8.28. The Morgan fingerprint density at radius 1 is 1.30 bits per heavy atom. The van der Waals surface area contributed by atoms with Crippen molar-refractivity contribution in [2.45, 2.75) is 38.6 Å². The lowest BCUT2D eigenvalue weighted by atomic mass is 10.0. The predicted octanol–water partition coefficient (Wildman–Crippen LogP) is 2.26. The maximum atomic E-state index is 12.2. The van der Waals surface area contributed by atoms with Crippen molar-refractivity contribution in [1.29, 1.82) is 0 Å². The number of hydrogen-bond acceptors (Lipinski definition) is 4. The van der Waals surface area contributed by atoms with E-state index in [2.05, 4.69) is 5.32 Å². The number of nitrogens with zero attached hydrogens (tertiary/aromatic N) is 1. The molecule has 0 bridgehead atoms. The summed E-state index contributed by atoms with van der Waals surface area (Å²) in [6, 6.07) is 7.51. The van der Waals surface area contributed by atoms with Gasteiger partial charge < -0.3 is 15.0 Å². The Labute approximate surface area is 138 Å². The van der Waals surface area contributed by atoms with Crippen molar-refractivity contribution in [3.8, 4) is 5.75 Å². The van der Waals surface area contributed by atoms with E-state index >= 15 is 0 Å². The zero-order valence-corrected chi connectivity index (χ0v) is 14.0. The molecular formula is C18H26N2O3. The van der Waals surface area contributed by atoms with Crippen LogP contribution in [-0.4, -0.2) is 49.4 Å². The fraction of sp³-hybridized carbons (Fsp3) is 0.556. The number of hydrogen-bond donors (Lipinski definition) is 1. The Bertz CT molecular complexity index is 539. The molecule has 1 saturated heterocycles. The quantitative estimate of drug-likeness (QED) is 0.619. The fourth-order valence-corrected chi connectivity index (χ4v) is 2.79. The van der Waals surface area contributed by atoms with E-state index in [4.69, 9.17) is 4.74 Å². The average Bonchev–Trinajstić information content (AvgIpc) is 2.59. The monoisotopic (exact) mass is 318 g/mol. The summed E-state index contributed by atoms with van der Waals surface area (Å²) in [7, 11) is 1.90. The van der Waals surface area contributed by atoms with Crippen molar-refractivity contribution >= 4 is 11.7 Å². The summed E-state index contributed by atoms with van der Waals surface area (Å²) < 4.78 is 5.64. The van der Waals surface area contributed by atoms with Crippen LogP contribution in [0, 0.1) is 0 Å². The van der Waals surface area contributed by atoms with E-state index in [9.17, 15) is 9.59 Å². The highest BCUT2D eigenvalue weighted by Crippen LogP contribution is 2.15. The Kier molecular flexibility index (Phi) is 6.59. The minimum absolute atomic E-state index is 0.0224. The van der Waals surface area contributed by atoms with Crippen molar-refractivity contribution in [2.75, 3.05) is 26.7 Å². The van der Waals surface area contributed by atoms with E-state index in [0.29, 0.717) is 36.8 Å². The highest BCUT2D eigenvalue weighted by Gasteiger charge is 2.21. The maximum Gasteiger partial charge on any atom is 0.222 e. The van der Waals surface area contributed by atoms with Crippen LogP contribution in [0.2, 0.25) is 0 Å². The highest BCUT2D eigenvalue weighted by molar-refractivity contribution is 5.94. The molecule has 0 aliphatic carbocycles. The van der Waals surface area contributed by atoms with E-state index in [1.54, 1.807) is 12.1 Å². The summed E-state index contributed by atoms with van der Waals surface area (Å²) in [5.74, 6) is 0.879. The molecule has 0 atom stereocenters. The third-order valence-electron chi connectivity index (χ3n) is 4.29. The van der Waals surface area contributed by atoms with Crippen molar-refractivity contribution in [3.63, 3.8) is 0 Å². The molecule has 0 radical (unpaired) electrons. The Morgan fingerprint density at radius 3 is 2.74 bits per heavy atom. The molecule has 0 unspecified atom stereocenters. The Morgan fingerprint density at radius 2 is 2.04 bits per heavy atom. The normalized spacial score (nSPS) is 15.2. The van der Waals surface area contributed by atoms with Crippen LogP contribution >= 0.6 is 0 Å². The second-order valence-corrected chi connectivity index (χ2v) is 6.02. The standard InChI is InChI=1S/C18H26N2O3/c1-14(21)15-5-3-6-17(13-15)23-12-4-7-18(22)20(2)16-8-10-19-11-9-16/h3,5-6,13,16,19H,4,7-12H2,1-2H3. The molecule has 0 aromatic heterocycles. The van der Waals surface area contributed by atoms with Gasteiger partial charge in [-0.25, -0.2) is 0 Å². The lowest BCUT2D eigenvalue weighted by Crippen LogP contribution is -2.43. The molecular weight excluding hydrogens is 292 g/mol. The van der Waals surface area contributed by atoms with Gasteiger partial charge in [0.1, 0.15) is 5.75 Å². The van der Waals surface area contributed by atoms with Crippen molar-refractivity contribution in [1.82, 2.24) is 10.2 Å². The smallest absolute Gasteiger partial charge is 0.222 e. The molecule has 23 heavy (non-hydrogen) atoms. The van der Waals surface area contributed by atoms with E-state index in [1.807, 2.05) is 24.1 Å². The second kappa shape index (κ2) is 8.67. The van der Waals surface area contributed by atoms with Crippen LogP contribution in [0.25, 0.3) is 0 Å². The van der Waals surface area contributed by atoms with Crippen molar-refractivity contribution in [3.05, 3.63) is 29.8 Å². The van der Waals surface area contributed by atoms with Gasteiger partial charge in [0.05, 0.1) is 6.61 Å². The number of ether oxygens (including phenoxy) is 1. The van der Waals surface area contributed by atoms with Gasteiger partial charge in [-0.3, -0.25) is 9.59 Å². The van der Waals surface area contributed by atoms with Gasteiger partial charge in [0.2, 0.25) is 5.91 Å². The first-order valence-corrected chi connectivity index (χ1v) is 8.28. The van der Waals surface area contributed by atoms with Gasteiger partial charge in [0.15, 0.2) is 5.78 Å². The van der Waals surface area contributed by atoms with Crippen molar-refractivity contribution in [2.24, 2.45) is 0 Å². The Balaban J connectivity index is 1.71. The largest absolute Gasteiger partial charge is 0.494 e. The second-order valence-electron chi connectivity index (χ2n) is 6.02. The number of piperidine rings is 1. The lowest BCUT2D eigenvalue weighted by Gasteiger charge is -2.31. The maximum absolute atomic E-state index is 12.2. The highest BCUT2D eigenvalue weighted by atomic mass is 16.5. The molecule has 1 heterocycles. The molecule has 1 aliphatic heterocycles. The van der Waals surface area contributed by atoms with Gasteiger partial charge in [0.25, 0.3) is 0 Å². The van der Waals surface area contributed by atoms with E-state index < -0.39 is 0 Å². The zero-order valence-electron chi connectivity index (χ0n) is 14.0. The third-order valence-corrected chi connectivity index (χ3v) is 4.29. The summed E-state index contributed by atoms with van der Waals surface area (Å²) in [4.78, 5) is 25.4. The zero-order chi connectivity index (χ0) is 16.7. The fourth-order valence-electron chi connectivity index (χ4n) is 2.79. The summed E-state index contributed by atoms with van der Waals surface area (Å²) >= 11 is 0. The summed E-state index contributed by atoms with van der Waals surface area (Å²) in [6.45, 7) is 3.98. The van der Waals surface area contributed by atoms with E-state index in [1.165, 1.54) is 6.92 Å². The molecule has 1 N–H and O–H groups in total. The van der Waals surface area contributed by atoms with Crippen LogP contribution < -0.4 is 10.1 Å². The summed E-state index contributed by atoms with van der Waals surface area (Å²) in [6.07, 6.45) is 3.22. The first-order chi connectivity index (χ1) is 11.1. The van der Waals surface area contributed by atoms with Crippen LogP contribution in [-0.2, 0) is 4.79 Å². The molecule has 0 spiro atoms. The van der Waals surface area contributed by atoms with Gasteiger partial charge in [0, 0.05) is 25.1 Å². The summed E-state index contributed by atoms with van der Waals surface area (Å²) in [5, 5.41) is 3.31. The van der Waals surface area contributed by atoms with Crippen LogP contribution in [0.15, 0.2) is 24.3 Å². The number of Topliss-reactive ketones (excluding diaryl/α,β-unsaturated/α-hetero) is 1. The van der Waals surface area contributed by atoms with Crippen LogP contribution in [0.3, 0.4) is 0 Å². The molecule has 5 heteroatoms. The van der Waals surface area contributed by atoms with Gasteiger partial charge >= 0.3 is 0 Å². The number of carbonyl (C=O) groups is 2. The third kappa shape index (κ3) is 5.36. The van der Waals surface area contributed by atoms with E-state index in [-0.39, 0.29) is 11.7 Å². The Hall–Kier alpha value is -1.88. The molecule has 5 nitrogen and oxygen atoms in total. The average molecular weight is 318 g/mol. The number of ketones is 1. The van der Waals surface area contributed by atoms with Gasteiger partial charge in [-0.15, -0.1) is 0 Å². The number of amides is 1. The van der Waals surface area contributed by atoms with Crippen LogP contribution in [0.4, 0.5) is 0 Å². The minimum Gasteiger partial charge on any atom is -0.494 e. The number of nitrogens with one attached hydrogen (secondary N) is 1. The first kappa shape index (κ1) is 17.5. The topological polar surface area (TPSA) is 58.6 Å². The summed E-state index contributed by atoms with van der Waals surface area (Å²) in [5.41, 5.74) is 0.643. The van der Waals surface area contributed by atoms with Gasteiger partial charge in [-0.1, -0.05) is 12.1 Å². The molecule has 1 aromatic rings.